The summed E-state index contributed by atoms with van der Waals surface area (Å²) in [6, 6.07) is 25.8. The van der Waals surface area contributed by atoms with Crippen LogP contribution in [0.5, 0.6) is 5.75 Å². The Balaban J connectivity index is 0.000000281. The van der Waals surface area contributed by atoms with E-state index in [0.717, 1.165) is 30.3 Å². The maximum atomic E-state index is 10.7. The molecule has 1 unspecified atom stereocenters. The highest BCUT2D eigenvalue weighted by atomic mass is 16.5. The van der Waals surface area contributed by atoms with Crippen LogP contribution in [0.3, 0.4) is 0 Å². The van der Waals surface area contributed by atoms with Gasteiger partial charge in [-0.1, -0.05) is 98.6 Å². The molecule has 0 radical (unpaired) electrons. The van der Waals surface area contributed by atoms with Crippen LogP contribution >= 0.6 is 0 Å². The van der Waals surface area contributed by atoms with Crippen molar-refractivity contribution in [2.45, 2.75) is 19.2 Å². The molecule has 200 valence electrons. The van der Waals surface area contributed by atoms with Crippen LogP contribution in [-0.4, -0.2) is 53.6 Å². The van der Waals surface area contributed by atoms with Gasteiger partial charge in [0.1, 0.15) is 25.1 Å². The third kappa shape index (κ3) is 11.8. The highest BCUT2D eigenvalue weighted by Crippen LogP contribution is 2.13. The van der Waals surface area contributed by atoms with E-state index in [0.29, 0.717) is 12.3 Å². The second-order valence-electron chi connectivity index (χ2n) is 8.44. The maximum Gasteiger partial charge on any atom is 0.330 e. The zero-order chi connectivity index (χ0) is 27.6. The van der Waals surface area contributed by atoms with Gasteiger partial charge in [0, 0.05) is 25.7 Å². The van der Waals surface area contributed by atoms with Crippen LogP contribution < -0.4 is 4.74 Å². The summed E-state index contributed by atoms with van der Waals surface area (Å²) >= 11 is 0. The highest BCUT2D eigenvalue weighted by molar-refractivity contribution is 5.81. The third-order valence-corrected chi connectivity index (χ3v) is 5.43. The van der Waals surface area contributed by atoms with Crippen molar-refractivity contribution in [2.75, 3.05) is 26.4 Å². The molecule has 6 heteroatoms. The van der Waals surface area contributed by atoms with Crippen molar-refractivity contribution in [1.29, 1.82) is 0 Å². The lowest BCUT2D eigenvalue weighted by Gasteiger charge is -2.21. The summed E-state index contributed by atoms with van der Waals surface area (Å²) in [5.74, 6) is 0.107. The van der Waals surface area contributed by atoms with Crippen molar-refractivity contribution < 1.29 is 24.5 Å². The molecule has 3 aromatic rings. The van der Waals surface area contributed by atoms with Gasteiger partial charge in [-0.2, -0.15) is 0 Å². The van der Waals surface area contributed by atoms with Gasteiger partial charge >= 0.3 is 5.97 Å². The van der Waals surface area contributed by atoms with Crippen LogP contribution in [0.2, 0.25) is 0 Å². The highest BCUT2D eigenvalue weighted by Gasteiger charge is 2.08. The van der Waals surface area contributed by atoms with Crippen molar-refractivity contribution in [3.63, 3.8) is 0 Å². The molecule has 0 aromatic heterocycles. The number of rotatable bonds is 14. The van der Waals surface area contributed by atoms with E-state index >= 15 is 0 Å². The molecule has 0 spiro atoms. The number of aliphatic hydroxyl groups excluding tert-OH is 2. The second-order valence-corrected chi connectivity index (χ2v) is 8.44. The van der Waals surface area contributed by atoms with Crippen LogP contribution in [0.1, 0.15) is 22.3 Å². The minimum absolute atomic E-state index is 0.0778. The minimum atomic E-state index is -0.843. The molecule has 2 N–H and O–H groups in total. The van der Waals surface area contributed by atoms with Crippen molar-refractivity contribution in [3.8, 4) is 5.75 Å². The van der Waals surface area contributed by atoms with Gasteiger partial charge in [-0.3, -0.25) is 4.90 Å². The topological polar surface area (TPSA) is 79.2 Å². The largest absolute Gasteiger partial charge is 0.491 e. The van der Waals surface area contributed by atoms with Crippen LogP contribution in [0.4, 0.5) is 0 Å². The number of benzene rings is 3. The first kappa shape index (κ1) is 30.3. The molecule has 1 atom stereocenters. The van der Waals surface area contributed by atoms with Gasteiger partial charge in [0.15, 0.2) is 0 Å². The Morgan fingerprint density at radius 3 is 1.79 bits per heavy atom. The smallest absolute Gasteiger partial charge is 0.330 e. The molecule has 3 rings (SSSR count). The zero-order valence-electron chi connectivity index (χ0n) is 21.7. The Labute approximate surface area is 225 Å². The fourth-order valence-corrected chi connectivity index (χ4v) is 3.38. The standard InChI is InChI=1S/C20H23NO.C12H14O4/c1-3-17-5-9-19(10-6-17)15-21(13-14-22)16-20-11-7-18(4-2)8-12-20;1-2-12(14)16-9-10(13)8-15-11-6-4-3-5-7-11/h3-12,22H,1-2,13-16H2;2-7,10,13H,1,8-9H2. The Bertz CT molecular complexity index is 1060. The number of esters is 1. The number of carbonyl (C=O) groups excluding carboxylic acids is 1. The van der Waals surface area contributed by atoms with E-state index in [-0.39, 0.29) is 19.8 Å². The SMILES string of the molecule is C=CC(=O)OCC(O)COc1ccccc1.C=Cc1ccc(CN(CCO)Cc2ccc(C=C)cc2)cc1. The molecule has 0 saturated heterocycles. The van der Waals surface area contributed by atoms with Crippen molar-refractivity contribution in [2.24, 2.45) is 0 Å². The molecule has 0 aliphatic heterocycles. The van der Waals surface area contributed by atoms with Crippen molar-refractivity contribution in [3.05, 3.63) is 127 Å². The lowest BCUT2D eigenvalue weighted by molar-refractivity contribution is -0.141. The lowest BCUT2D eigenvalue weighted by Crippen LogP contribution is -2.26. The van der Waals surface area contributed by atoms with Gasteiger partial charge in [0.25, 0.3) is 0 Å². The van der Waals surface area contributed by atoms with Crippen LogP contribution in [0, 0.1) is 0 Å². The summed E-state index contributed by atoms with van der Waals surface area (Å²) in [5, 5.41) is 18.7. The van der Waals surface area contributed by atoms with E-state index in [1.54, 1.807) is 12.1 Å². The summed E-state index contributed by atoms with van der Waals surface area (Å²) in [5.41, 5.74) is 4.72. The number of para-hydroxylation sites is 1. The summed E-state index contributed by atoms with van der Waals surface area (Å²) < 4.78 is 9.92. The van der Waals surface area contributed by atoms with Crippen molar-refractivity contribution >= 4 is 18.1 Å². The predicted octanol–water partition coefficient (Wildman–Crippen LogP) is 5.12. The van der Waals surface area contributed by atoms with E-state index in [2.05, 4.69) is 77.9 Å². The Kier molecular flexibility index (Phi) is 13.9. The summed E-state index contributed by atoms with van der Waals surface area (Å²) in [6.07, 6.45) is 3.89. The molecule has 0 bridgehead atoms. The summed E-state index contributed by atoms with van der Waals surface area (Å²) in [6.45, 7) is 13.2. The Morgan fingerprint density at radius 2 is 1.34 bits per heavy atom. The van der Waals surface area contributed by atoms with Gasteiger partial charge in [0.2, 0.25) is 0 Å². The molecule has 0 fully saturated rings. The van der Waals surface area contributed by atoms with Gasteiger partial charge < -0.3 is 19.7 Å². The van der Waals surface area contributed by atoms with Crippen molar-refractivity contribution in [1.82, 2.24) is 4.90 Å². The first-order chi connectivity index (χ1) is 18.5. The number of aliphatic hydroxyl groups is 2. The molecule has 0 heterocycles. The number of hydrogen-bond donors (Lipinski definition) is 2. The first-order valence-corrected chi connectivity index (χ1v) is 12.4. The van der Waals surface area contributed by atoms with Crippen LogP contribution in [0.25, 0.3) is 12.2 Å². The fraction of sp³-hybridized carbons (Fsp3) is 0.219. The molecule has 0 amide bonds. The summed E-state index contributed by atoms with van der Waals surface area (Å²) in [4.78, 5) is 12.9. The Hall–Kier alpha value is -3.97. The van der Waals surface area contributed by atoms with Crippen LogP contribution in [0.15, 0.2) is 105 Å². The molecular weight excluding hydrogens is 478 g/mol. The molecule has 0 aliphatic rings. The van der Waals surface area contributed by atoms with E-state index in [9.17, 15) is 15.0 Å². The van der Waals surface area contributed by atoms with Gasteiger partial charge in [-0.15, -0.1) is 0 Å². The third-order valence-electron chi connectivity index (χ3n) is 5.43. The number of ether oxygens (including phenoxy) is 2. The van der Waals surface area contributed by atoms with E-state index < -0.39 is 12.1 Å². The molecule has 38 heavy (non-hydrogen) atoms. The predicted molar refractivity (Wildman–Crippen MR) is 153 cm³/mol. The summed E-state index contributed by atoms with van der Waals surface area (Å²) in [7, 11) is 0. The first-order valence-electron chi connectivity index (χ1n) is 12.4. The lowest BCUT2D eigenvalue weighted by atomic mass is 10.1. The average Bonchev–Trinajstić information content (AvgIpc) is 2.96. The molecule has 3 aromatic carbocycles. The molecular formula is C32H37NO5. The quantitative estimate of drug-likeness (QED) is 0.229. The normalized spacial score (nSPS) is 11.0. The minimum Gasteiger partial charge on any atom is -0.491 e. The van der Waals surface area contributed by atoms with Gasteiger partial charge in [-0.25, -0.2) is 4.79 Å². The maximum absolute atomic E-state index is 10.7. The number of carbonyl (C=O) groups is 1. The molecule has 0 saturated carbocycles. The Morgan fingerprint density at radius 1 is 0.816 bits per heavy atom. The molecule has 6 nitrogen and oxygen atoms in total. The van der Waals surface area contributed by atoms with Gasteiger partial charge in [0.05, 0.1) is 6.61 Å². The fourth-order valence-electron chi connectivity index (χ4n) is 3.38. The average molecular weight is 516 g/mol. The zero-order valence-corrected chi connectivity index (χ0v) is 21.7. The second kappa shape index (κ2) is 17.5. The monoisotopic (exact) mass is 515 g/mol. The number of nitrogens with zero attached hydrogens (tertiary/aromatic N) is 1. The number of hydrogen-bond acceptors (Lipinski definition) is 6. The van der Waals surface area contributed by atoms with E-state index in [1.165, 1.54) is 11.1 Å². The van der Waals surface area contributed by atoms with Gasteiger partial charge in [-0.05, 0) is 34.4 Å². The molecule has 0 aliphatic carbocycles. The van der Waals surface area contributed by atoms with Crippen LogP contribution in [-0.2, 0) is 22.6 Å². The van der Waals surface area contributed by atoms with E-state index in [1.807, 2.05) is 30.4 Å². The van der Waals surface area contributed by atoms with E-state index in [4.69, 9.17) is 4.74 Å².